The Kier molecular flexibility index (Phi) is 4.76. The zero-order valence-electron chi connectivity index (χ0n) is 10.6. The Bertz CT molecular complexity index is 621. The van der Waals surface area contributed by atoms with E-state index in [1.54, 1.807) is 0 Å². The van der Waals surface area contributed by atoms with Gasteiger partial charge in [-0.2, -0.15) is 4.98 Å². The summed E-state index contributed by atoms with van der Waals surface area (Å²) in [5.41, 5.74) is 0.975. The third-order valence-electron chi connectivity index (χ3n) is 2.51. The molecule has 0 radical (unpaired) electrons. The van der Waals surface area contributed by atoms with Crippen molar-refractivity contribution in [2.75, 3.05) is 12.4 Å². The summed E-state index contributed by atoms with van der Waals surface area (Å²) in [5, 5.41) is 3.02. The highest BCUT2D eigenvalue weighted by molar-refractivity contribution is 6.36. The van der Waals surface area contributed by atoms with Crippen LogP contribution in [0.1, 0.15) is 16.1 Å². The predicted octanol–water partition coefficient (Wildman–Crippen LogP) is 3.18. The molecule has 0 aliphatic carbocycles. The Balaban J connectivity index is 2.23. The molecule has 1 N–H and O–H groups in total. The van der Waals surface area contributed by atoms with Gasteiger partial charge in [0, 0.05) is 6.54 Å². The highest BCUT2D eigenvalue weighted by atomic mass is 35.5. The van der Waals surface area contributed by atoms with Crippen molar-refractivity contribution < 1.29 is 9.53 Å². The molecule has 2 aromatic rings. The first-order valence-corrected chi connectivity index (χ1v) is 6.46. The maximum atomic E-state index is 11.5. The number of nitrogens with one attached hydrogen (secondary N) is 1. The number of methoxy groups -OCH3 is 1. The van der Waals surface area contributed by atoms with Crippen LogP contribution in [0.5, 0.6) is 0 Å². The summed E-state index contributed by atoms with van der Waals surface area (Å²) < 4.78 is 4.59. The molecule has 0 unspecified atom stereocenters. The molecule has 0 amide bonds. The van der Waals surface area contributed by atoms with Crippen LogP contribution in [0.15, 0.2) is 30.3 Å². The third kappa shape index (κ3) is 3.37. The van der Waals surface area contributed by atoms with Gasteiger partial charge in [-0.1, -0.05) is 41.9 Å². The molecule has 0 atom stereocenters. The Morgan fingerprint density at radius 1 is 1.25 bits per heavy atom. The number of carbonyl (C=O) groups is 1. The molecule has 7 heteroatoms. The van der Waals surface area contributed by atoms with Gasteiger partial charge in [-0.15, -0.1) is 0 Å². The number of anilines is 1. The van der Waals surface area contributed by atoms with E-state index in [1.807, 2.05) is 30.3 Å². The molecule has 0 saturated carbocycles. The van der Waals surface area contributed by atoms with Gasteiger partial charge in [-0.3, -0.25) is 0 Å². The van der Waals surface area contributed by atoms with Crippen LogP contribution in [0.25, 0.3) is 0 Å². The zero-order valence-corrected chi connectivity index (χ0v) is 12.1. The lowest BCUT2D eigenvalue weighted by Gasteiger charge is -2.10. The van der Waals surface area contributed by atoms with E-state index in [1.165, 1.54) is 7.11 Å². The quantitative estimate of drug-likeness (QED) is 0.694. The number of rotatable bonds is 4. The number of hydrogen-bond donors (Lipinski definition) is 1. The first-order valence-electron chi connectivity index (χ1n) is 5.71. The van der Waals surface area contributed by atoms with Crippen LogP contribution in [0, 0.1) is 0 Å². The van der Waals surface area contributed by atoms with Crippen molar-refractivity contribution in [1.82, 2.24) is 9.97 Å². The van der Waals surface area contributed by atoms with E-state index in [2.05, 4.69) is 20.0 Å². The van der Waals surface area contributed by atoms with E-state index in [4.69, 9.17) is 23.2 Å². The first kappa shape index (κ1) is 14.6. The molecule has 20 heavy (non-hydrogen) atoms. The fourth-order valence-electron chi connectivity index (χ4n) is 1.55. The number of benzene rings is 1. The number of ether oxygens (including phenoxy) is 1. The fourth-order valence-corrected chi connectivity index (χ4v) is 1.95. The maximum Gasteiger partial charge on any atom is 0.358 e. The molecule has 1 aromatic heterocycles. The summed E-state index contributed by atoms with van der Waals surface area (Å²) in [6, 6.07) is 9.67. The highest BCUT2D eigenvalue weighted by Gasteiger charge is 2.18. The summed E-state index contributed by atoms with van der Waals surface area (Å²) in [7, 11) is 1.24. The molecule has 0 bridgehead atoms. The molecule has 104 valence electrons. The second kappa shape index (κ2) is 6.54. The lowest BCUT2D eigenvalue weighted by atomic mass is 10.2. The SMILES string of the molecule is COC(=O)c1nc(Cl)nc(NCc2ccccc2)c1Cl. The van der Waals surface area contributed by atoms with Gasteiger partial charge in [-0.25, -0.2) is 9.78 Å². The van der Waals surface area contributed by atoms with Crippen LogP contribution >= 0.6 is 23.2 Å². The second-order valence-corrected chi connectivity index (χ2v) is 4.55. The second-order valence-electron chi connectivity index (χ2n) is 3.83. The van der Waals surface area contributed by atoms with Crippen molar-refractivity contribution in [3.63, 3.8) is 0 Å². The van der Waals surface area contributed by atoms with Crippen LogP contribution in [-0.4, -0.2) is 23.0 Å². The van der Waals surface area contributed by atoms with Gasteiger partial charge in [0.1, 0.15) is 5.02 Å². The highest BCUT2D eigenvalue weighted by Crippen LogP contribution is 2.25. The summed E-state index contributed by atoms with van der Waals surface area (Å²) >= 11 is 11.8. The molecule has 1 aromatic carbocycles. The minimum atomic E-state index is -0.665. The summed E-state index contributed by atoms with van der Waals surface area (Å²) in [6.07, 6.45) is 0. The monoisotopic (exact) mass is 311 g/mol. The Morgan fingerprint density at radius 2 is 1.95 bits per heavy atom. The predicted molar refractivity (Wildman–Crippen MR) is 77.2 cm³/mol. The van der Waals surface area contributed by atoms with Gasteiger partial charge < -0.3 is 10.1 Å². The van der Waals surface area contributed by atoms with Crippen LogP contribution in [0.3, 0.4) is 0 Å². The van der Waals surface area contributed by atoms with Crippen LogP contribution in [0.4, 0.5) is 5.82 Å². The van der Waals surface area contributed by atoms with Crippen LogP contribution in [-0.2, 0) is 11.3 Å². The lowest BCUT2D eigenvalue weighted by Crippen LogP contribution is -2.10. The smallest absolute Gasteiger partial charge is 0.358 e. The van der Waals surface area contributed by atoms with Crippen molar-refractivity contribution in [2.45, 2.75) is 6.54 Å². The minimum absolute atomic E-state index is 0.0651. The molecule has 0 aliphatic rings. The minimum Gasteiger partial charge on any atom is -0.464 e. The standard InChI is InChI=1S/C13H11Cl2N3O2/c1-20-12(19)10-9(14)11(18-13(15)17-10)16-7-8-5-3-2-4-6-8/h2-6H,7H2,1H3,(H,16,17,18). The Hall–Kier alpha value is -1.85. The number of nitrogens with zero attached hydrogens (tertiary/aromatic N) is 2. The number of hydrogen-bond acceptors (Lipinski definition) is 5. The van der Waals surface area contributed by atoms with E-state index in [0.717, 1.165) is 5.56 Å². The van der Waals surface area contributed by atoms with Gasteiger partial charge in [0.05, 0.1) is 7.11 Å². The third-order valence-corrected chi connectivity index (χ3v) is 3.03. The molecular formula is C13H11Cl2N3O2. The van der Waals surface area contributed by atoms with E-state index in [0.29, 0.717) is 6.54 Å². The summed E-state index contributed by atoms with van der Waals surface area (Å²) in [6.45, 7) is 0.495. The topological polar surface area (TPSA) is 64.1 Å². The van der Waals surface area contributed by atoms with Crippen molar-refractivity contribution in [3.8, 4) is 0 Å². The Morgan fingerprint density at radius 3 is 2.60 bits per heavy atom. The Labute approximate surface area is 125 Å². The molecule has 1 heterocycles. The summed E-state index contributed by atoms with van der Waals surface area (Å²) in [5.74, 6) is -0.377. The average molecular weight is 312 g/mol. The molecule has 5 nitrogen and oxygen atoms in total. The van der Waals surface area contributed by atoms with Crippen molar-refractivity contribution >= 4 is 35.0 Å². The number of carbonyl (C=O) groups excluding carboxylic acids is 1. The fraction of sp³-hybridized carbons (Fsp3) is 0.154. The van der Waals surface area contributed by atoms with Crippen molar-refractivity contribution in [1.29, 1.82) is 0 Å². The van der Waals surface area contributed by atoms with Gasteiger partial charge in [0.2, 0.25) is 5.28 Å². The lowest BCUT2D eigenvalue weighted by molar-refractivity contribution is 0.0594. The van der Waals surface area contributed by atoms with E-state index in [-0.39, 0.29) is 21.8 Å². The van der Waals surface area contributed by atoms with Crippen molar-refractivity contribution in [2.24, 2.45) is 0 Å². The first-order chi connectivity index (χ1) is 9.61. The molecular weight excluding hydrogens is 301 g/mol. The zero-order chi connectivity index (χ0) is 14.5. The molecule has 0 spiro atoms. The largest absolute Gasteiger partial charge is 0.464 e. The van der Waals surface area contributed by atoms with E-state index >= 15 is 0 Å². The van der Waals surface area contributed by atoms with E-state index in [9.17, 15) is 4.79 Å². The number of halogens is 2. The molecule has 2 rings (SSSR count). The van der Waals surface area contributed by atoms with Crippen LogP contribution < -0.4 is 5.32 Å². The molecule has 0 saturated heterocycles. The molecule has 0 fully saturated rings. The van der Waals surface area contributed by atoms with Crippen LogP contribution in [0.2, 0.25) is 10.3 Å². The summed E-state index contributed by atoms with van der Waals surface area (Å²) in [4.78, 5) is 19.3. The normalized spacial score (nSPS) is 10.2. The van der Waals surface area contributed by atoms with Gasteiger partial charge in [0.25, 0.3) is 0 Å². The van der Waals surface area contributed by atoms with Gasteiger partial charge in [-0.05, 0) is 17.2 Å². The van der Waals surface area contributed by atoms with Crippen molar-refractivity contribution in [3.05, 3.63) is 51.9 Å². The molecule has 0 aliphatic heterocycles. The van der Waals surface area contributed by atoms with E-state index < -0.39 is 5.97 Å². The van der Waals surface area contributed by atoms with Gasteiger partial charge in [0.15, 0.2) is 11.5 Å². The van der Waals surface area contributed by atoms with Gasteiger partial charge >= 0.3 is 5.97 Å². The maximum absolute atomic E-state index is 11.5. The average Bonchev–Trinajstić information content (AvgIpc) is 2.48. The number of aromatic nitrogens is 2. The number of esters is 1.